The zero-order valence-electron chi connectivity index (χ0n) is 19.1. The zero-order valence-corrected chi connectivity index (χ0v) is 19.1. The molecule has 3 rings (SSSR count). The number of carbonyl (C=O) groups excluding carboxylic acids is 1. The molecule has 0 unspecified atom stereocenters. The van der Waals surface area contributed by atoms with Gasteiger partial charge in [-0.2, -0.15) is 13.2 Å². The van der Waals surface area contributed by atoms with Crippen LogP contribution in [0.5, 0.6) is 0 Å². The summed E-state index contributed by atoms with van der Waals surface area (Å²) in [5, 5.41) is 5.71. The second-order valence-corrected chi connectivity index (χ2v) is 8.52. The average molecular weight is 484 g/mol. The lowest BCUT2D eigenvalue weighted by Crippen LogP contribution is -2.33. The third-order valence-electron chi connectivity index (χ3n) is 5.88. The van der Waals surface area contributed by atoms with E-state index in [1.165, 1.54) is 12.1 Å². The number of anilines is 3. The third kappa shape index (κ3) is 6.84. The van der Waals surface area contributed by atoms with Crippen molar-refractivity contribution in [3.05, 3.63) is 53.6 Å². The molecular formula is C25H30F5N3O. The Labute approximate surface area is 196 Å². The Bertz CT molecular complexity index is 943. The number of halogens is 5. The number of alkyl halides is 5. The molecule has 9 heteroatoms. The van der Waals surface area contributed by atoms with E-state index in [4.69, 9.17) is 0 Å². The van der Waals surface area contributed by atoms with Gasteiger partial charge in [0.15, 0.2) is 0 Å². The van der Waals surface area contributed by atoms with Crippen molar-refractivity contribution >= 4 is 23.0 Å². The Morgan fingerprint density at radius 3 is 2.35 bits per heavy atom. The first-order valence-corrected chi connectivity index (χ1v) is 11.6. The highest BCUT2D eigenvalue weighted by Gasteiger charge is 2.30. The van der Waals surface area contributed by atoms with Crippen molar-refractivity contribution < 1.29 is 26.7 Å². The van der Waals surface area contributed by atoms with Crippen molar-refractivity contribution in [2.45, 2.75) is 64.1 Å². The van der Waals surface area contributed by atoms with Crippen molar-refractivity contribution in [1.29, 1.82) is 0 Å². The number of rotatable bonds is 10. The van der Waals surface area contributed by atoms with E-state index in [2.05, 4.69) is 15.5 Å². The van der Waals surface area contributed by atoms with Crippen LogP contribution in [0.15, 0.2) is 42.5 Å². The number of hydrogen-bond donors (Lipinski definition) is 2. The van der Waals surface area contributed by atoms with Crippen LogP contribution >= 0.6 is 0 Å². The van der Waals surface area contributed by atoms with Crippen LogP contribution in [0, 0.1) is 0 Å². The molecule has 0 radical (unpaired) electrons. The number of benzene rings is 2. The van der Waals surface area contributed by atoms with Crippen LogP contribution in [0.3, 0.4) is 0 Å². The molecule has 186 valence electrons. The first-order valence-electron chi connectivity index (χ1n) is 11.6. The average Bonchev–Trinajstić information content (AvgIpc) is 3.35. The second-order valence-electron chi connectivity index (χ2n) is 8.52. The molecule has 0 saturated carbocycles. The van der Waals surface area contributed by atoms with Gasteiger partial charge in [-0.05, 0) is 55.2 Å². The number of nitrogens with one attached hydrogen (secondary N) is 2. The van der Waals surface area contributed by atoms with E-state index in [0.29, 0.717) is 35.6 Å². The first kappa shape index (κ1) is 25.8. The fraction of sp³-hybridized carbons (Fsp3) is 0.480. The standard InChI is InChI=1S/C25H30F5N3O/c1-2-3-6-20(26)23(27)24(34)32-21-12-11-19(15-22(21)33-13-4-5-14-33)31-16-17-7-9-18(10-8-17)25(28,29)30/h7-12,15,20,23,31H,2-6,13-14,16H2,1H3,(H,32,34)/t20-,23+/m1/s1. The van der Waals surface area contributed by atoms with Gasteiger partial charge < -0.3 is 15.5 Å². The maximum absolute atomic E-state index is 14.3. The summed E-state index contributed by atoms with van der Waals surface area (Å²) in [5.41, 5.74) is 1.76. The third-order valence-corrected chi connectivity index (χ3v) is 5.88. The lowest BCUT2D eigenvalue weighted by atomic mass is 10.1. The summed E-state index contributed by atoms with van der Waals surface area (Å²) in [7, 11) is 0. The molecule has 1 aliphatic heterocycles. The van der Waals surface area contributed by atoms with Crippen LogP contribution in [0.2, 0.25) is 0 Å². The summed E-state index contributed by atoms with van der Waals surface area (Å²) in [6.45, 7) is 3.71. The SMILES string of the molecule is CCCC[C@@H](F)[C@H](F)C(=O)Nc1ccc(NCc2ccc(C(F)(F)F)cc2)cc1N1CCCC1. The van der Waals surface area contributed by atoms with E-state index in [9.17, 15) is 26.7 Å². The number of hydrogen-bond acceptors (Lipinski definition) is 3. The van der Waals surface area contributed by atoms with Gasteiger partial charge in [0.1, 0.15) is 6.17 Å². The molecule has 34 heavy (non-hydrogen) atoms. The van der Waals surface area contributed by atoms with Crippen LogP contribution in [-0.4, -0.2) is 31.3 Å². The van der Waals surface area contributed by atoms with E-state index in [-0.39, 0.29) is 6.42 Å². The minimum atomic E-state index is -4.38. The lowest BCUT2D eigenvalue weighted by molar-refractivity contribution is -0.137. The number of amides is 1. The molecular weight excluding hydrogens is 453 g/mol. The summed E-state index contributed by atoms with van der Waals surface area (Å²) in [6, 6.07) is 10.0. The molecule has 0 spiro atoms. The molecule has 4 nitrogen and oxygen atoms in total. The van der Waals surface area contributed by atoms with Gasteiger partial charge >= 0.3 is 6.18 Å². The van der Waals surface area contributed by atoms with Crippen LogP contribution in [-0.2, 0) is 17.5 Å². The Balaban J connectivity index is 1.71. The van der Waals surface area contributed by atoms with Crippen molar-refractivity contribution in [3.63, 3.8) is 0 Å². The summed E-state index contributed by atoms with van der Waals surface area (Å²) < 4.78 is 66.6. The smallest absolute Gasteiger partial charge is 0.381 e. The fourth-order valence-corrected chi connectivity index (χ4v) is 3.89. The predicted molar refractivity (Wildman–Crippen MR) is 125 cm³/mol. The van der Waals surface area contributed by atoms with Gasteiger partial charge in [-0.15, -0.1) is 0 Å². The molecule has 1 amide bonds. The topological polar surface area (TPSA) is 44.4 Å². The van der Waals surface area contributed by atoms with Crippen LogP contribution in [0.25, 0.3) is 0 Å². The van der Waals surface area contributed by atoms with Crippen molar-refractivity contribution in [3.8, 4) is 0 Å². The van der Waals surface area contributed by atoms with Gasteiger partial charge in [0, 0.05) is 25.3 Å². The maximum atomic E-state index is 14.3. The van der Waals surface area contributed by atoms with Gasteiger partial charge in [-0.3, -0.25) is 4.79 Å². The first-order chi connectivity index (χ1) is 16.2. The zero-order chi connectivity index (χ0) is 24.7. The molecule has 1 heterocycles. The molecule has 2 N–H and O–H groups in total. The van der Waals surface area contributed by atoms with Crippen molar-refractivity contribution in [2.75, 3.05) is 28.6 Å². The van der Waals surface area contributed by atoms with E-state index in [0.717, 1.165) is 44.5 Å². The largest absolute Gasteiger partial charge is 0.416 e. The fourth-order valence-electron chi connectivity index (χ4n) is 3.89. The lowest BCUT2D eigenvalue weighted by Gasteiger charge is -2.23. The summed E-state index contributed by atoms with van der Waals surface area (Å²) in [4.78, 5) is 14.4. The van der Waals surface area contributed by atoms with Crippen LogP contribution in [0.4, 0.5) is 39.0 Å². The Morgan fingerprint density at radius 2 is 1.74 bits per heavy atom. The van der Waals surface area contributed by atoms with Gasteiger partial charge in [-0.25, -0.2) is 8.78 Å². The molecule has 0 aromatic heterocycles. The maximum Gasteiger partial charge on any atom is 0.416 e. The van der Waals surface area contributed by atoms with E-state index in [1.54, 1.807) is 12.1 Å². The van der Waals surface area contributed by atoms with E-state index >= 15 is 0 Å². The highest BCUT2D eigenvalue weighted by molar-refractivity contribution is 5.98. The van der Waals surface area contributed by atoms with Crippen LogP contribution in [0.1, 0.15) is 50.2 Å². The quantitative estimate of drug-likeness (QED) is 0.369. The number of carbonyl (C=O) groups is 1. The molecule has 0 bridgehead atoms. The normalized spacial score (nSPS) is 15.8. The molecule has 1 fully saturated rings. The second kappa shape index (κ2) is 11.5. The predicted octanol–water partition coefficient (Wildman–Crippen LogP) is 6.72. The number of nitrogens with zero attached hydrogens (tertiary/aromatic N) is 1. The summed E-state index contributed by atoms with van der Waals surface area (Å²) in [5.74, 6) is -1.01. The number of unbranched alkanes of at least 4 members (excludes halogenated alkanes) is 1. The molecule has 1 aliphatic rings. The van der Waals surface area contributed by atoms with Crippen molar-refractivity contribution in [1.82, 2.24) is 0 Å². The molecule has 2 aromatic rings. The Morgan fingerprint density at radius 1 is 1.06 bits per heavy atom. The van der Waals surface area contributed by atoms with Gasteiger partial charge in [0.25, 0.3) is 5.91 Å². The van der Waals surface area contributed by atoms with Gasteiger partial charge in [-0.1, -0.05) is 31.9 Å². The van der Waals surface area contributed by atoms with Crippen molar-refractivity contribution in [2.24, 2.45) is 0 Å². The molecule has 1 saturated heterocycles. The summed E-state index contributed by atoms with van der Waals surface area (Å²) >= 11 is 0. The van der Waals surface area contributed by atoms with Gasteiger partial charge in [0.2, 0.25) is 6.17 Å². The minimum Gasteiger partial charge on any atom is -0.381 e. The monoisotopic (exact) mass is 483 g/mol. The summed E-state index contributed by atoms with van der Waals surface area (Å²) in [6.07, 6.45) is -5.29. The Hall–Kier alpha value is -2.84. The highest BCUT2D eigenvalue weighted by atomic mass is 19.4. The Kier molecular flexibility index (Phi) is 8.74. The highest BCUT2D eigenvalue weighted by Crippen LogP contribution is 2.33. The van der Waals surface area contributed by atoms with Gasteiger partial charge in [0.05, 0.1) is 16.9 Å². The minimum absolute atomic E-state index is 0.00310. The van der Waals surface area contributed by atoms with E-state index in [1.807, 2.05) is 13.0 Å². The van der Waals surface area contributed by atoms with Crippen LogP contribution < -0.4 is 15.5 Å². The molecule has 2 atom stereocenters. The van der Waals surface area contributed by atoms with E-state index < -0.39 is 30.0 Å². The molecule has 0 aliphatic carbocycles. The molecule has 2 aromatic carbocycles.